The first-order valence-corrected chi connectivity index (χ1v) is 4.35. The number of hydrogen-bond donors (Lipinski definition) is 0. The van der Waals surface area contributed by atoms with Gasteiger partial charge in [0.15, 0.2) is 0 Å². The lowest BCUT2D eigenvalue weighted by atomic mass is 10.1. The molecule has 98 valence electrons. The molecule has 0 bridgehead atoms. The monoisotopic (exact) mass is 290 g/mol. The van der Waals surface area contributed by atoms with Crippen LogP contribution in [-0.2, 0) is 6.18 Å². The first-order valence-electron chi connectivity index (χ1n) is 3.98. The third-order valence-corrected chi connectivity index (χ3v) is 1.89. The summed E-state index contributed by atoms with van der Waals surface area (Å²) in [6.07, 6.45) is -10.2. The summed E-state index contributed by atoms with van der Waals surface area (Å²) in [4.78, 5) is 2.79. The summed E-state index contributed by atoms with van der Waals surface area (Å²) in [5.41, 5.74) is -3.15. The van der Waals surface area contributed by atoms with Crippen molar-refractivity contribution in [2.75, 3.05) is 0 Å². The van der Waals surface area contributed by atoms with Crippen molar-refractivity contribution < 1.29 is 31.1 Å². The summed E-state index contributed by atoms with van der Waals surface area (Å²) in [7, 11) is 0. The first kappa shape index (κ1) is 14.4. The van der Waals surface area contributed by atoms with E-state index in [1.54, 1.807) is 0 Å². The highest BCUT2D eigenvalue weighted by Gasteiger charge is 2.43. The van der Waals surface area contributed by atoms with Crippen LogP contribution in [0.25, 0.3) is 0 Å². The number of pyridine rings is 1. The van der Waals surface area contributed by atoms with E-state index in [9.17, 15) is 26.3 Å². The summed E-state index contributed by atoms with van der Waals surface area (Å²) in [5.74, 6) is -1.77. The Kier molecular flexibility index (Phi) is 3.62. The molecule has 0 saturated heterocycles. The number of ether oxygens (including phenoxy) is 1. The molecule has 0 aliphatic carbocycles. The third-order valence-electron chi connectivity index (χ3n) is 1.61. The van der Waals surface area contributed by atoms with Gasteiger partial charge in [0.1, 0.15) is 11.6 Å². The lowest BCUT2D eigenvalue weighted by Crippen LogP contribution is -2.22. The Labute approximate surface area is 101 Å². The number of aromatic nitrogens is 1. The summed E-state index contributed by atoms with van der Waals surface area (Å²) in [6, 6.07) is 1.06. The number of nitriles is 1. The highest BCUT2D eigenvalue weighted by molar-refractivity contribution is 6.31. The van der Waals surface area contributed by atoms with Crippen LogP contribution >= 0.6 is 11.6 Å². The van der Waals surface area contributed by atoms with Gasteiger partial charge >= 0.3 is 12.5 Å². The van der Waals surface area contributed by atoms with E-state index in [0.717, 1.165) is 6.07 Å². The number of rotatable bonds is 1. The van der Waals surface area contributed by atoms with E-state index < -0.39 is 34.6 Å². The topological polar surface area (TPSA) is 45.9 Å². The second kappa shape index (κ2) is 4.53. The van der Waals surface area contributed by atoms with Crippen molar-refractivity contribution in [3.05, 3.63) is 22.3 Å². The van der Waals surface area contributed by atoms with E-state index in [2.05, 4.69) is 9.72 Å². The van der Waals surface area contributed by atoms with Gasteiger partial charge in [-0.3, -0.25) is 0 Å². The van der Waals surface area contributed by atoms with Crippen molar-refractivity contribution >= 4 is 11.6 Å². The molecule has 0 aliphatic heterocycles. The van der Waals surface area contributed by atoms with Crippen LogP contribution in [0.4, 0.5) is 26.3 Å². The zero-order valence-corrected chi connectivity index (χ0v) is 8.78. The Balaban J connectivity index is 3.50. The first-order chi connectivity index (χ1) is 8.06. The maximum absolute atomic E-state index is 12.6. The quantitative estimate of drug-likeness (QED) is 0.743. The number of nitrogens with zero attached hydrogens (tertiary/aromatic N) is 2. The van der Waals surface area contributed by atoms with Gasteiger partial charge < -0.3 is 4.74 Å². The van der Waals surface area contributed by atoms with Crippen LogP contribution in [0.5, 0.6) is 5.88 Å². The molecule has 3 nitrogen and oxygen atoms in total. The molecule has 0 aromatic carbocycles. The molecule has 0 saturated carbocycles. The minimum Gasteiger partial charge on any atom is -0.387 e. The highest BCUT2D eigenvalue weighted by atomic mass is 35.5. The van der Waals surface area contributed by atoms with Crippen molar-refractivity contribution in [3.8, 4) is 11.9 Å². The predicted molar refractivity (Wildman–Crippen MR) is 45.6 cm³/mol. The molecule has 1 aromatic heterocycles. The lowest BCUT2D eigenvalue weighted by Gasteiger charge is -2.15. The average Bonchev–Trinajstić information content (AvgIpc) is 2.16. The largest absolute Gasteiger partial charge is 0.574 e. The van der Waals surface area contributed by atoms with Crippen LogP contribution < -0.4 is 4.74 Å². The van der Waals surface area contributed by atoms with Crippen LogP contribution in [-0.4, -0.2) is 11.3 Å². The molecule has 0 N–H and O–H groups in total. The van der Waals surface area contributed by atoms with Crippen LogP contribution in [0.15, 0.2) is 6.20 Å². The standard InChI is InChI=1S/C8HClF6N2O/c9-4-2-17-6(18-8(13,14)15)5(3(4)1-16)7(10,11)12/h2H. The lowest BCUT2D eigenvalue weighted by molar-refractivity contribution is -0.277. The Bertz CT molecular complexity index is 504. The fraction of sp³-hybridized carbons (Fsp3) is 0.250. The molecular weight excluding hydrogens is 290 g/mol. The van der Waals surface area contributed by atoms with Gasteiger partial charge in [-0.2, -0.15) is 18.4 Å². The van der Waals surface area contributed by atoms with Crippen molar-refractivity contribution in [2.24, 2.45) is 0 Å². The Hall–Kier alpha value is -1.69. The average molecular weight is 291 g/mol. The molecular formula is C8HClF6N2O. The fourth-order valence-corrected chi connectivity index (χ4v) is 1.22. The van der Waals surface area contributed by atoms with E-state index in [-0.39, 0.29) is 0 Å². The van der Waals surface area contributed by atoms with Gasteiger partial charge in [-0.1, -0.05) is 11.6 Å². The van der Waals surface area contributed by atoms with E-state index in [4.69, 9.17) is 16.9 Å². The van der Waals surface area contributed by atoms with Gasteiger partial charge in [-0.15, -0.1) is 13.2 Å². The number of alkyl halides is 6. The summed E-state index contributed by atoms with van der Waals surface area (Å²) in [5, 5.41) is 7.76. The van der Waals surface area contributed by atoms with Gasteiger partial charge in [-0.25, -0.2) is 4.98 Å². The molecule has 10 heteroatoms. The maximum Gasteiger partial charge on any atom is 0.574 e. The minimum absolute atomic E-state index is 0.469. The van der Waals surface area contributed by atoms with Gasteiger partial charge in [0.05, 0.1) is 16.8 Å². The van der Waals surface area contributed by atoms with Crippen molar-refractivity contribution in [1.82, 2.24) is 4.98 Å². The molecule has 0 radical (unpaired) electrons. The summed E-state index contributed by atoms with van der Waals surface area (Å²) in [6.45, 7) is 0. The van der Waals surface area contributed by atoms with Gasteiger partial charge in [0, 0.05) is 0 Å². The van der Waals surface area contributed by atoms with Crippen molar-refractivity contribution in [2.45, 2.75) is 12.5 Å². The Morgan fingerprint density at radius 3 is 2.17 bits per heavy atom. The van der Waals surface area contributed by atoms with Gasteiger partial charge in [0.25, 0.3) is 0 Å². The zero-order valence-electron chi connectivity index (χ0n) is 8.03. The Morgan fingerprint density at radius 2 is 1.78 bits per heavy atom. The highest BCUT2D eigenvalue weighted by Crippen LogP contribution is 2.41. The third kappa shape index (κ3) is 3.16. The smallest absolute Gasteiger partial charge is 0.387 e. The molecule has 0 fully saturated rings. The van der Waals surface area contributed by atoms with Gasteiger partial charge in [0.2, 0.25) is 5.88 Å². The molecule has 0 aliphatic rings. The van der Waals surface area contributed by atoms with E-state index in [1.165, 1.54) is 0 Å². The molecule has 0 spiro atoms. The summed E-state index contributed by atoms with van der Waals surface area (Å²) >= 11 is 5.26. The number of halogens is 7. The predicted octanol–water partition coefficient (Wildman–Crippen LogP) is 3.52. The van der Waals surface area contributed by atoms with E-state index in [1.807, 2.05) is 0 Å². The minimum atomic E-state index is -5.37. The fourth-order valence-electron chi connectivity index (χ4n) is 1.03. The molecule has 0 amide bonds. The second-order valence-corrected chi connectivity index (χ2v) is 3.23. The van der Waals surface area contributed by atoms with Gasteiger partial charge in [-0.05, 0) is 0 Å². The number of hydrogen-bond acceptors (Lipinski definition) is 3. The molecule has 1 aromatic rings. The maximum atomic E-state index is 12.6. The van der Waals surface area contributed by atoms with Crippen LogP contribution in [0.1, 0.15) is 11.1 Å². The van der Waals surface area contributed by atoms with Crippen molar-refractivity contribution in [1.29, 1.82) is 5.26 Å². The normalized spacial score (nSPS) is 12.1. The second-order valence-electron chi connectivity index (χ2n) is 2.82. The van der Waals surface area contributed by atoms with Crippen LogP contribution in [0.3, 0.4) is 0 Å². The molecule has 0 unspecified atom stereocenters. The van der Waals surface area contributed by atoms with E-state index in [0.29, 0.717) is 6.20 Å². The van der Waals surface area contributed by atoms with Crippen LogP contribution in [0.2, 0.25) is 5.02 Å². The van der Waals surface area contributed by atoms with E-state index >= 15 is 0 Å². The zero-order chi connectivity index (χ0) is 14.1. The molecule has 0 atom stereocenters. The molecule has 1 rings (SSSR count). The molecule has 18 heavy (non-hydrogen) atoms. The van der Waals surface area contributed by atoms with Crippen LogP contribution in [0, 0.1) is 11.3 Å². The SMILES string of the molecule is N#Cc1c(Cl)cnc(OC(F)(F)F)c1C(F)(F)F. The summed E-state index contributed by atoms with van der Waals surface area (Å²) < 4.78 is 76.5. The van der Waals surface area contributed by atoms with Crippen molar-refractivity contribution in [3.63, 3.8) is 0 Å². The Morgan fingerprint density at radius 1 is 1.22 bits per heavy atom. The molecule has 1 heterocycles.